The van der Waals surface area contributed by atoms with Crippen LogP contribution < -0.4 is 5.32 Å². The summed E-state index contributed by atoms with van der Waals surface area (Å²) in [5, 5.41) is 12.5. The fourth-order valence-electron chi connectivity index (χ4n) is 1.90. The standard InChI is InChI=1S/C15H11Br3N2/c1-9(13-5-4-11(16)6-14(13)18)20-15-7-12(17)3-2-10(15)8-19/h2-7,9,20H,1H3. The van der Waals surface area contributed by atoms with E-state index >= 15 is 0 Å². The van der Waals surface area contributed by atoms with Crippen LogP contribution in [0, 0.1) is 11.3 Å². The molecule has 2 aromatic carbocycles. The van der Waals surface area contributed by atoms with Crippen molar-refractivity contribution in [3.05, 3.63) is 60.9 Å². The summed E-state index contributed by atoms with van der Waals surface area (Å²) >= 11 is 10.4. The Morgan fingerprint density at radius 2 is 1.70 bits per heavy atom. The lowest BCUT2D eigenvalue weighted by Gasteiger charge is -2.18. The highest BCUT2D eigenvalue weighted by Crippen LogP contribution is 2.30. The number of nitrogens with one attached hydrogen (secondary N) is 1. The molecule has 0 aliphatic carbocycles. The van der Waals surface area contributed by atoms with Gasteiger partial charge in [-0.25, -0.2) is 0 Å². The number of halogens is 3. The number of hydrogen-bond donors (Lipinski definition) is 1. The third kappa shape index (κ3) is 3.63. The van der Waals surface area contributed by atoms with E-state index in [2.05, 4.69) is 72.2 Å². The second kappa shape index (κ2) is 6.75. The highest BCUT2D eigenvalue weighted by Gasteiger charge is 2.12. The lowest BCUT2D eigenvalue weighted by atomic mass is 10.1. The van der Waals surface area contributed by atoms with Crippen LogP contribution in [-0.4, -0.2) is 0 Å². The van der Waals surface area contributed by atoms with Gasteiger partial charge in [-0.1, -0.05) is 53.9 Å². The molecule has 0 bridgehead atoms. The Labute approximate surface area is 143 Å². The van der Waals surface area contributed by atoms with Crippen LogP contribution in [0.25, 0.3) is 0 Å². The van der Waals surface area contributed by atoms with Crippen LogP contribution in [0.3, 0.4) is 0 Å². The Balaban J connectivity index is 2.30. The van der Waals surface area contributed by atoms with E-state index in [1.807, 2.05) is 24.3 Å². The normalized spacial score (nSPS) is 11.8. The molecule has 2 rings (SSSR count). The first kappa shape index (κ1) is 15.6. The molecule has 5 heteroatoms. The topological polar surface area (TPSA) is 35.8 Å². The Morgan fingerprint density at radius 3 is 2.35 bits per heavy atom. The maximum atomic E-state index is 9.16. The van der Waals surface area contributed by atoms with Crippen LogP contribution in [0.2, 0.25) is 0 Å². The predicted molar refractivity (Wildman–Crippen MR) is 92.7 cm³/mol. The lowest BCUT2D eigenvalue weighted by Crippen LogP contribution is -2.08. The molecule has 1 N–H and O–H groups in total. The Kier molecular flexibility index (Phi) is 5.25. The van der Waals surface area contributed by atoms with Gasteiger partial charge in [0.15, 0.2) is 0 Å². The van der Waals surface area contributed by atoms with E-state index in [1.54, 1.807) is 6.07 Å². The van der Waals surface area contributed by atoms with Crippen molar-refractivity contribution in [2.45, 2.75) is 13.0 Å². The zero-order valence-corrected chi connectivity index (χ0v) is 15.4. The number of rotatable bonds is 3. The van der Waals surface area contributed by atoms with E-state index in [4.69, 9.17) is 5.26 Å². The molecule has 0 aliphatic rings. The smallest absolute Gasteiger partial charge is 0.101 e. The van der Waals surface area contributed by atoms with Gasteiger partial charge in [0.1, 0.15) is 6.07 Å². The fraction of sp³-hybridized carbons (Fsp3) is 0.133. The first-order valence-corrected chi connectivity index (χ1v) is 8.30. The summed E-state index contributed by atoms with van der Waals surface area (Å²) in [7, 11) is 0. The molecular formula is C15H11Br3N2. The van der Waals surface area contributed by atoms with Gasteiger partial charge in [0.05, 0.1) is 11.3 Å². The van der Waals surface area contributed by atoms with Crippen molar-refractivity contribution in [1.82, 2.24) is 0 Å². The van der Waals surface area contributed by atoms with Crippen molar-refractivity contribution in [3.8, 4) is 6.07 Å². The molecule has 0 fully saturated rings. The largest absolute Gasteiger partial charge is 0.377 e. The second-order valence-corrected chi connectivity index (χ2v) is 7.02. The van der Waals surface area contributed by atoms with Crippen LogP contribution in [0.4, 0.5) is 5.69 Å². The Morgan fingerprint density at radius 1 is 1.05 bits per heavy atom. The summed E-state index contributed by atoms with van der Waals surface area (Å²) in [4.78, 5) is 0. The maximum absolute atomic E-state index is 9.16. The molecule has 0 aromatic heterocycles. The highest BCUT2D eigenvalue weighted by atomic mass is 79.9. The summed E-state index contributed by atoms with van der Waals surface area (Å²) in [6.45, 7) is 2.07. The van der Waals surface area contributed by atoms with Gasteiger partial charge >= 0.3 is 0 Å². The average molecular weight is 459 g/mol. The molecule has 0 radical (unpaired) electrons. The minimum atomic E-state index is 0.0823. The van der Waals surface area contributed by atoms with E-state index in [0.29, 0.717) is 5.56 Å². The summed E-state index contributed by atoms with van der Waals surface area (Å²) < 4.78 is 3.00. The fourth-order valence-corrected chi connectivity index (χ4v) is 3.65. The van der Waals surface area contributed by atoms with Gasteiger partial charge in [0.2, 0.25) is 0 Å². The highest BCUT2D eigenvalue weighted by molar-refractivity contribution is 9.11. The third-order valence-corrected chi connectivity index (χ3v) is 4.58. The molecule has 20 heavy (non-hydrogen) atoms. The zero-order valence-electron chi connectivity index (χ0n) is 10.6. The third-order valence-electron chi connectivity index (χ3n) is 2.90. The van der Waals surface area contributed by atoms with Crippen LogP contribution in [0.1, 0.15) is 24.1 Å². The first-order chi connectivity index (χ1) is 9.51. The molecule has 1 unspecified atom stereocenters. The Bertz CT molecular complexity index is 677. The molecular weight excluding hydrogens is 448 g/mol. The molecule has 0 saturated carbocycles. The Hall–Kier alpha value is -0.830. The van der Waals surface area contributed by atoms with E-state index in [9.17, 15) is 0 Å². The number of nitrogens with zero attached hydrogens (tertiary/aromatic N) is 1. The number of anilines is 1. The quantitative estimate of drug-likeness (QED) is 0.610. The monoisotopic (exact) mass is 456 g/mol. The summed E-state index contributed by atoms with van der Waals surface area (Å²) in [5.74, 6) is 0. The van der Waals surface area contributed by atoms with E-state index in [0.717, 1.165) is 24.7 Å². The van der Waals surface area contributed by atoms with Gasteiger partial charge in [-0.15, -0.1) is 0 Å². The van der Waals surface area contributed by atoms with Crippen LogP contribution >= 0.6 is 47.8 Å². The molecule has 2 aromatic rings. The molecule has 102 valence electrons. The van der Waals surface area contributed by atoms with Gasteiger partial charge in [0.25, 0.3) is 0 Å². The van der Waals surface area contributed by atoms with Crippen molar-refractivity contribution >= 4 is 53.5 Å². The molecule has 0 heterocycles. The van der Waals surface area contributed by atoms with Crippen molar-refractivity contribution < 1.29 is 0 Å². The minimum absolute atomic E-state index is 0.0823. The van der Waals surface area contributed by atoms with Gasteiger partial charge < -0.3 is 5.32 Å². The van der Waals surface area contributed by atoms with E-state index in [-0.39, 0.29) is 6.04 Å². The van der Waals surface area contributed by atoms with Gasteiger partial charge in [-0.2, -0.15) is 5.26 Å². The molecule has 0 spiro atoms. The van der Waals surface area contributed by atoms with Gasteiger partial charge in [-0.05, 0) is 42.8 Å². The van der Waals surface area contributed by atoms with Crippen molar-refractivity contribution in [2.24, 2.45) is 0 Å². The zero-order chi connectivity index (χ0) is 14.7. The lowest BCUT2D eigenvalue weighted by molar-refractivity contribution is 0.877. The first-order valence-electron chi connectivity index (χ1n) is 5.92. The van der Waals surface area contributed by atoms with E-state index in [1.165, 1.54) is 0 Å². The van der Waals surface area contributed by atoms with Crippen LogP contribution in [0.5, 0.6) is 0 Å². The predicted octanol–water partition coefficient (Wildman–Crippen LogP) is 6.02. The molecule has 0 amide bonds. The molecule has 2 nitrogen and oxygen atoms in total. The molecule has 0 saturated heterocycles. The molecule has 0 aliphatic heterocycles. The van der Waals surface area contributed by atoms with Crippen molar-refractivity contribution in [1.29, 1.82) is 5.26 Å². The second-order valence-electron chi connectivity index (χ2n) is 4.33. The van der Waals surface area contributed by atoms with Gasteiger partial charge in [0, 0.05) is 19.5 Å². The minimum Gasteiger partial charge on any atom is -0.377 e. The van der Waals surface area contributed by atoms with Crippen LogP contribution in [-0.2, 0) is 0 Å². The maximum Gasteiger partial charge on any atom is 0.101 e. The summed E-state index contributed by atoms with van der Waals surface area (Å²) in [5.41, 5.74) is 2.59. The summed E-state index contributed by atoms with van der Waals surface area (Å²) in [6.07, 6.45) is 0. The molecule has 1 atom stereocenters. The van der Waals surface area contributed by atoms with Crippen molar-refractivity contribution in [3.63, 3.8) is 0 Å². The van der Waals surface area contributed by atoms with Crippen LogP contribution in [0.15, 0.2) is 49.8 Å². The number of hydrogen-bond acceptors (Lipinski definition) is 2. The van der Waals surface area contributed by atoms with Gasteiger partial charge in [-0.3, -0.25) is 0 Å². The number of nitriles is 1. The number of benzene rings is 2. The average Bonchev–Trinajstić information content (AvgIpc) is 2.38. The SMILES string of the molecule is CC(Nc1cc(Br)ccc1C#N)c1ccc(Br)cc1Br. The van der Waals surface area contributed by atoms with Crippen molar-refractivity contribution in [2.75, 3.05) is 5.32 Å². The van der Waals surface area contributed by atoms with E-state index < -0.39 is 0 Å². The summed E-state index contributed by atoms with van der Waals surface area (Å²) in [6, 6.07) is 13.9.